The Morgan fingerprint density at radius 3 is 2.67 bits per heavy atom. The van der Waals surface area contributed by atoms with E-state index in [1.807, 2.05) is 0 Å². The second-order valence-corrected chi connectivity index (χ2v) is 4.27. The lowest BCUT2D eigenvalue weighted by Gasteiger charge is -2.19. The van der Waals surface area contributed by atoms with Gasteiger partial charge < -0.3 is 5.32 Å². The van der Waals surface area contributed by atoms with Crippen LogP contribution < -0.4 is 5.32 Å². The Labute approximate surface area is 76.2 Å². The molecule has 3 atom stereocenters. The molecule has 0 aromatic rings. The number of hydrogen-bond acceptors (Lipinski definition) is 1. The molecule has 1 aliphatic carbocycles. The van der Waals surface area contributed by atoms with E-state index in [2.05, 4.69) is 39.2 Å². The summed E-state index contributed by atoms with van der Waals surface area (Å²) in [6, 6.07) is 0.696. The van der Waals surface area contributed by atoms with E-state index in [0.717, 1.165) is 11.8 Å². The van der Waals surface area contributed by atoms with Crippen molar-refractivity contribution < 1.29 is 0 Å². The number of hydrogen-bond donors (Lipinski definition) is 1. The highest BCUT2D eigenvalue weighted by Gasteiger charge is 2.19. The van der Waals surface area contributed by atoms with Crippen LogP contribution in [0.1, 0.15) is 33.6 Å². The average molecular weight is 167 g/mol. The van der Waals surface area contributed by atoms with Gasteiger partial charge in [-0.05, 0) is 38.6 Å². The summed E-state index contributed by atoms with van der Waals surface area (Å²) in [5, 5.41) is 3.38. The molecular formula is C11H21N. The highest BCUT2D eigenvalue weighted by atomic mass is 14.9. The molecule has 0 spiro atoms. The smallest absolute Gasteiger partial charge is 0.0104 e. The largest absolute Gasteiger partial charge is 0.317 e. The Hall–Kier alpha value is -0.300. The molecule has 1 rings (SSSR count). The minimum atomic E-state index is 0.696. The first-order valence-electron chi connectivity index (χ1n) is 4.98. The van der Waals surface area contributed by atoms with Gasteiger partial charge in [-0.25, -0.2) is 0 Å². The van der Waals surface area contributed by atoms with E-state index in [1.165, 1.54) is 12.8 Å². The Bertz CT molecular complexity index is 172. The first-order chi connectivity index (χ1) is 5.63. The summed E-state index contributed by atoms with van der Waals surface area (Å²) >= 11 is 0. The van der Waals surface area contributed by atoms with Crippen LogP contribution >= 0.6 is 0 Å². The van der Waals surface area contributed by atoms with Crippen LogP contribution in [-0.2, 0) is 0 Å². The van der Waals surface area contributed by atoms with Gasteiger partial charge in [0, 0.05) is 6.04 Å². The van der Waals surface area contributed by atoms with Gasteiger partial charge in [-0.3, -0.25) is 0 Å². The topological polar surface area (TPSA) is 12.0 Å². The van der Waals surface area contributed by atoms with Crippen molar-refractivity contribution in [2.24, 2.45) is 11.8 Å². The van der Waals surface area contributed by atoms with Gasteiger partial charge >= 0.3 is 0 Å². The normalized spacial score (nSPS) is 37.3. The minimum Gasteiger partial charge on any atom is -0.317 e. The zero-order valence-electron chi connectivity index (χ0n) is 8.72. The second-order valence-electron chi connectivity index (χ2n) is 4.27. The Morgan fingerprint density at radius 2 is 2.08 bits per heavy atom. The van der Waals surface area contributed by atoms with Gasteiger partial charge in [0.05, 0.1) is 0 Å². The summed E-state index contributed by atoms with van der Waals surface area (Å²) in [6.45, 7) is 6.93. The van der Waals surface area contributed by atoms with Gasteiger partial charge in [-0.1, -0.05) is 25.5 Å². The van der Waals surface area contributed by atoms with Crippen molar-refractivity contribution in [1.29, 1.82) is 0 Å². The lowest BCUT2D eigenvalue weighted by atomic mass is 9.92. The van der Waals surface area contributed by atoms with E-state index in [0.29, 0.717) is 6.04 Å². The van der Waals surface area contributed by atoms with E-state index in [-0.39, 0.29) is 0 Å². The maximum atomic E-state index is 3.38. The average Bonchev–Trinajstić information content (AvgIpc) is 2.12. The predicted molar refractivity (Wildman–Crippen MR) is 54.2 cm³/mol. The Kier molecular flexibility index (Phi) is 3.33. The molecule has 70 valence electrons. The fourth-order valence-corrected chi connectivity index (χ4v) is 2.04. The van der Waals surface area contributed by atoms with Crippen LogP contribution in [0.5, 0.6) is 0 Å². The molecule has 1 nitrogen and oxygen atoms in total. The highest BCUT2D eigenvalue weighted by molar-refractivity contribution is 5.06. The van der Waals surface area contributed by atoms with Crippen LogP contribution in [0.3, 0.4) is 0 Å². The summed E-state index contributed by atoms with van der Waals surface area (Å²) in [6.07, 6.45) is 4.97. The van der Waals surface area contributed by atoms with Crippen LogP contribution in [0.2, 0.25) is 0 Å². The molecule has 1 N–H and O–H groups in total. The molecular weight excluding hydrogens is 146 g/mol. The fourth-order valence-electron chi connectivity index (χ4n) is 2.04. The third kappa shape index (κ3) is 2.34. The maximum absolute atomic E-state index is 3.38. The Morgan fingerprint density at radius 1 is 1.42 bits per heavy atom. The molecule has 0 heterocycles. The SMILES string of the molecule is CNC1CC(C)=CC(C)C(C)C1. The monoisotopic (exact) mass is 167 g/mol. The van der Waals surface area contributed by atoms with Crippen molar-refractivity contribution in [3.8, 4) is 0 Å². The van der Waals surface area contributed by atoms with Gasteiger partial charge in [0.2, 0.25) is 0 Å². The third-order valence-electron chi connectivity index (χ3n) is 3.08. The molecule has 1 aliphatic rings. The molecule has 0 aromatic carbocycles. The summed E-state index contributed by atoms with van der Waals surface area (Å²) < 4.78 is 0. The molecule has 0 fully saturated rings. The van der Waals surface area contributed by atoms with Crippen LogP contribution in [0.25, 0.3) is 0 Å². The first kappa shape index (κ1) is 9.79. The van der Waals surface area contributed by atoms with Crippen molar-refractivity contribution in [2.75, 3.05) is 7.05 Å². The quantitative estimate of drug-likeness (QED) is 0.592. The van der Waals surface area contributed by atoms with Crippen LogP contribution in [-0.4, -0.2) is 13.1 Å². The van der Waals surface area contributed by atoms with E-state index < -0.39 is 0 Å². The summed E-state index contributed by atoms with van der Waals surface area (Å²) in [5.74, 6) is 1.57. The summed E-state index contributed by atoms with van der Waals surface area (Å²) in [5.41, 5.74) is 1.55. The molecule has 0 bridgehead atoms. The molecule has 1 heteroatoms. The highest BCUT2D eigenvalue weighted by Crippen LogP contribution is 2.26. The van der Waals surface area contributed by atoms with Gasteiger partial charge in [-0.15, -0.1) is 0 Å². The van der Waals surface area contributed by atoms with Crippen molar-refractivity contribution in [1.82, 2.24) is 5.32 Å². The van der Waals surface area contributed by atoms with E-state index in [4.69, 9.17) is 0 Å². The molecule has 0 saturated heterocycles. The fraction of sp³-hybridized carbons (Fsp3) is 0.818. The lowest BCUT2D eigenvalue weighted by molar-refractivity contribution is 0.376. The van der Waals surface area contributed by atoms with Crippen molar-refractivity contribution in [3.63, 3.8) is 0 Å². The van der Waals surface area contributed by atoms with Gasteiger partial charge in [0.25, 0.3) is 0 Å². The maximum Gasteiger partial charge on any atom is 0.0104 e. The number of rotatable bonds is 1. The molecule has 0 radical (unpaired) electrons. The summed E-state index contributed by atoms with van der Waals surface area (Å²) in [4.78, 5) is 0. The van der Waals surface area contributed by atoms with Crippen LogP contribution in [0.15, 0.2) is 11.6 Å². The Balaban J connectivity index is 2.65. The van der Waals surface area contributed by atoms with Crippen molar-refractivity contribution in [3.05, 3.63) is 11.6 Å². The van der Waals surface area contributed by atoms with Gasteiger partial charge in [0.1, 0.15) is 0 Å². The van der Waals surface area contributed by atoms with Crippen LogP contribution in [0, 0.1) is 11.8 Å². The minimum absolute atomic E-state index is 0.696. The van der Waals surface area contributed by atoms with E-state index >= 15 is 0 Å². The first-order valence-corrected chi connectivity index (χ1v) is 4.98. The number of nitrogens with one attached hydrogen (secondary N) is 1. The van der Waals surface area contributed by atoms with E-state index in [1.54, 1.807) is 5.57 Å². The molecule has 0 aliphatic heterocycles. The lowest BCUT2D eigenvalue weighted by Crippen LogP contribution is -2.27. The number of allylic oxidation sites excluding steroid dienone is 1. The molecule has 0 amide bonds. The van der Waals surface area contributed by atoms with Gasteiger partial charge in [-0.2, -0.15) is 0 Å². The van der Waals surface area contributed by atoms with Crippen molar-refractivity contribution in [2.45, 2.75) is 39.7 Å². The van der Waals surface area contributed by atoms with Crippen LogP contribution in [0.4, 0.5) is 0 Å². The molecule has 3 unspecified atom stereocenters. The molecule has 0 saturated carbocycles. The zero-order chi connectivity index (χ0) is 9.14. The molecule has 12 heavy (non-hydrogen) atoms. The van der Waals surface area contributed by atoms with E-state index in [9.17, 15) is 0 Å². The predicted octanol–water partition coefficient (Wildman–Crippen LogP) is 2.59. The third-order valence-corrected chi connectivity index (χ3v) is 3.08. The van der Waals surface area contributed by atoms with Gasteiger partial charge in [0.15, 0.2) is 0 Å². The second kappa shape index (κ2) is 4.08. The van der Waals surface area contributed by atoms with Crippen molar-refractivity contribution >= 4 is 0 Å². The standard InChI is InChI=1S/C11H21N/c1-8-5-9(2)10(3)7-11(6-8)12-4/h5,9-12H,6-7H2,1-4H3. The molecule has 0 aromatic heterocycles. The zero-order valence-corrected chi connectivity index (χ0v) is 8.72. The summed E-state index contributed by atoms with van der Waals surface area (Å²) in [7, 11) is 2.07.